The van der Waals surface area contributed by atoms with E-state index in [0.717, 1.165) is 55.6 Å². The topological polar surface area (TPSA) is 72.1 Å². The summed E-state index contributed by atoms with van der Waals surface area (Å²) >= 11 is 0. The Morgan fingerprint density at radius 2 is 1.94 bits per heavy atom. The van der Waals surface area contributed by atoms with Crippen LogP contribution in [0.5, 0.6) is 0 Å². The molecule has 0 spiro atoms. The Morgan fingerprint density at radius 3 is 2.66 bits per heavy atom. The molecule has 1 saturated heterocycles. The van der Waals surface area contributed by atoms with Crippen molar-refractivity contribution in [1.82, 2.24) is 20.0 Å². The van der Waals surface area contributed by atoms with E-state index in [4.69, 9.17) is 9.51 Å². The summed E-state index contributed by atoms with van der Waals surface area (Å²) in [7, 11) is 0. The van der Waals surface area contributed by atoms with Gasteiger partial charge in [0, 0.05) is 25.5 Å². The first-order valence-electron chi connectivity index (χ1n) is 11.8. The van der Waals surface area contributed by atoms with Crippen molar-refractivity contribution in [2.45, 2.75) is 55.8 Å². The number of piperidine rings is 1. The Labute approximate surface area is 188 Å². The fourth-order valence-electron chi connectivity index (χ4n) is 5.48. The second-order valence-electron chi connectivity index (χ2n) is 9.87. The zero-order valence-corrected chi connectivity index (χ0v) is 18.2. The lowest BCUT2D eigenvalue weighted by Crippen LogP contribution is -2.52. The molecule has 2 aromatic heterocycles. The summed E-state index contributed by atoms with van der Waals surface area (Å²) in [6, 6.07) is 14.1. The van der Waals surface area contributed by atoms with Gasteiger partial charge in [0.1, 0.15) is 0 Å². The number of amides is 1. The van der Waals surface area contributed by atoms with Crippen molar-refractivity contribution >= 4 is 5.91 Å². The molecule has 3 aromatic rings. The van der Waals surface area contributed by atoms with E-state index in [1.165, 1.54) is 12.8 Å². The third-order valence-corrected chi connectivity index (χ3v) is 7.54. The molecule has 3 aliphatic rings. The van der Waals surface area contributed by atoms with Crippen molar-refractivity contribution in [3.8, 4) is 11.5 Å². The smallest absolute Gasteiger partial charge is 0.259 e. The van der Waals surface area contributed by atoms with Gasteiger partial charge in [-0.3, -0.25) is 9.78 Å². The highest BCUT2D eigenvalue weighted by Gasteiger charge is 2.55. The van der Waals surface area contributed by atoms with Crippen molar-refractivity contribution in [3.63, 3.8) is 0 Å². The second-order valence-corrected chi connectivity index (χ2v) is 9.87. The van der Waals surface area contributed by atoms with Crippen LogP contribution in [0, 0.1) is 5.92 Å². The fourth-order valence-corrected chi connectivity index (χ4v) is 5.48. The molecule has 2 saturated carbocycles. The Bertz CT molecular complexity index is 1110. The molecule has 1 aromatic carbocycles. The largest absolute Gasteiger partial charge is 0.341 e. The van der Waals surface area contributed by atoms with E-state index < -0.39 is 0 Å². The van der Waals surface area contributed by atoms with E-state index in [0.29, 0.717) is 18.4 Å². The van der Waals surface area contributed by atoms with Crippen LogP contribution in [0.25, 0.3) is 11.5 Å². The normalized spacial score (nSPS) is 24.3. The van der Waals surface area contributed by atoms with Crippen LogP contribution in [0.3, 0.4) is 0 Å². The SMILES string of the molecule is O=C(N1CCCC(CC2CC2)(c2noc(-c3cccnc3)n2)C1)C1(c2ccccc2)CC1. The minimum absolute atomic E-state index is 0.230. The number of hydrogen-bond acceptors (Lipinski definition) is 5. The van der Waals surface area contributed by atoms with Crippen molar-refractivity contribution in [1.29, 1.82) is 0 Å². The minimum Gasteiger partial charge on any atom is -0.341 e. The van der Waals surface area contributed by atoms with Crippen LogP contribution < -0.4 is 0 Å². The van der Waals surface area contributed by atoms with Crippen LogP contribution in [0.1, 0.15) is 56.3 Å². The quantitative estimate of drug-likeness (QED) is 0.577. The summed E-state index contributed by atoms with van der Waals surface area (Å²) in [6.07, 6.45) is 10.9. The van der Waals surface area contributed by atoms with Gasteiger partial charge < -0.3 is 9.42 Å². The van der Waals surface area contributed by atoms with Gasteiger partial charge in [0.15, 0.2) is 5.82 Å². The van der Waals surface area contributed by atoms with E-state index in [-0.39, 0.29) is 16.7 Å². The monoisotopic (exact) mass is 428 g/mol. The van der Waals surface area contributed by atoms with Gasteiger partial charge >= 0.3 is 0 Å². The zero-order valence-electron chi connectivity index (χ0n) is 18.2. The number of nitrogens with zero attached hydrogens (tertiary/aromatic N) is 4. The predicted molar refractivity (Wildman–Crippen MR) is 120 cm³/mol. The zero-order chi connectivity index (χ0) is 21.6. The summed E-state index contributed by atoms with van der Waals surface area (Å²) in [5, 5.41) is 4.45. The number of benzene rings is 1. The van der Waals surface area contributed by atoms with Gasteiger partial charge in [-0.1, -0.05) is 48.3 Å². The Balaban J connectivity index is 1.30. The van der Waals surface area contributed by atoms with Crippen LogP contribution >= 0.6 is 0 Å². The lowest BCUT2D eigenvalue weighted by molar-refractivity contribution is -0.136. The highest BCUT2D eigenvalue weighted by Crippen LogP contribution is 2.51. The van der Waals surface area contributed by atoms with Crippen molar-refractivity contribution in [2.75, 3.05) is 13.1 Å². The number of hydrogen-bond donors (Lipinski definition) is 0. The molecule has 0 N–H and O–H groups in total. The maximum absolute atomic E-state index is 13.8. The molecule has 1 unspecified atom stereocenters. The number of pyridine rings is 1. The van der Waals surface area contributed by atoms with E-state index in [1.54, 1.807) is 12.4 Å². The number of rotatable bonds is 6. The predicted octanol–water partition coefficient (Wildman–Crippen LogP) is 4.52. The van der Waals surface area contributed by atoms with E-state index in [9.17, 15) is 4.79 Å². The minimum atomic E-state index is -0.331. The highest BCUT2D eigenvalue weighted by molar-refractivity contribution is 5.91. The van der Waals surface area contributed by atoms with Crippen LogP contribution in [0.15, 0.2) is 59.4 Å². The van der Waals surface area contributed by atoms with Crippen molar-refractivity contribution in [2.24, 2.45) is 5.92 Å². The third-order valence-electron chi connectivity index (χ3n) is 7.54. The molecule has 6 nitrogen and oxygen atoms in total. The molecule has 164 valence electrons. The summed E-state index contributed by atoms with van der Waals surface area (Å²) in [6.45, 7) is 1.50. The highest BCUT2D eigenvalue weighted by atomic mass is 16.5. The number of carbonyl (C=O) groups is 1. The average Bonchev–Trinajstić information content (AvgIpc) is 3.78. The van der Waals surface area contributed by atoms with Gasteiger partial charge in [-0.15, -0.1) is 0 Å². The molecular formula is C26H28N4O2. The molecule has 0 bridgehead atoms. The maximum Gasteiger partial charge on any atom is 0.259 e. The lowest BCUT2D eigenvalue weighted by Gasteiger charge is -2.42. The number of aromatic nitrogens is 3. The molecule has 6 rings (SSSR count). The summed E-state index contributed by atoms with van der Waals surface area (Å²) in [4.78, 5) is 24.9. The Kier molecular flexibility index (Phi) is 4.63. The summed E-state index contributed by atoms with van der Waals surface area (Å²) in [5.74, 6) is 2.24. The van der Waals surface area contributed by atoms with Gasteiger partial charge in [0.2, 0.25) is 5.91 Å². The maximum atomic E-state index is 13.8. The van der Waals surface area contributed by atoms with E-state index >= 15 is 0 Å². The van der Waals surface area contributed by atoms with Crippen LogP contribution in [0.4, 0.5) is 0 Å². The Hall–Kier alpha value is -3.02. The van der Waals surface area contributed by atoms with Crippen LogP contribution in [-0.2, 0) is 15.6 Å². The molecule has 0 radical (unpaired) electrons. The lowest BCUT2D eigenvalue weighted by atomic mass is 9.74. The molecule has 6 heteroatoms. The molecule has 1 atom stereocenters. The second kappa shape index (κ2) is 7.54. The average molecular weight is 429 g/mol. The van der Waals surface area contributed by atoms with Gasteiger partial charge in [-0.2, -0.15) is 4.98 Å². The molecule has 2 aliphatic carbocycles. The van der Waals surface area contributed by atoms with Gasteiger partial charge in [-0.05, 0) is 55.7 Å². The van der Waals surface area contributed by atoms with E-state index in [1.807, 2.05) is 30.3 Å². The molecular weight excluding hydrogens is 400 g/mol. The van der Waals surface area contributed by atoms with Gasteiger partial charge in [0.05, 0.1) is 16.4 Å². The van der Waals surface area contributed by atoms with Crippen LogP contribution in [0.2, 0.25) is 0 Å². The van der Waals surface area contributed by atoms with E-state index in [2.05, 4.69) is 27.2 Å². The van der Waals surface area contributed by atoms with Crippen LogP contribution in [-0.4, -0.2) is 39.0 Å². The first kappa shape index (κ1) is 19.6. The Morgan fingerprint density at radius 1 is 1.09 bits per heavy atom. The molecule has 3 heterocycles. The van der Waals surface area contributed by atoms with Crippen molar-refractivity contribution in [3.05, 3.63) is 66.2 Å². The number of likely N-dealkylation sites (tertiary alicyclic amines) is 1. The number of carbonyl (C=O) groups excluding carboxylic acids is 1. The first-order valence-corrected chi connectivity index (χ1v) is 11.8. The summed E-state index contributed by atoms with van der Waals surface area (Å²) in [5.41, 5.74) is 1.42. The van der Waals surface area contributed by atoms with Crippen molar-refractivity contribution < 1.29 is 9.32 Å². The molecule has 1 amide bonds. The van der Waals surface area contributed by atoms with Gasteiger partial charge in [0.25, 0.3) is 5.89 Å². The molecule has 3 fully saturated rings. The molecule has 1 aliphatic heterocycles. The standard InChI is InChI=1S/C26H28N4O2/c31-24(26(12-13-26)21-7-2-1-3-8-21)30-15-5-11-25(18-30,16-19-9-10-19)23-28-22(32-29-23)20-6-4-14-27-17-20/h1-4,6-8,14,17,19H,5,9-13,15-16,18H2. The first-order chi connectivity index (χ1) is 15.7. The fraction of sp³-hybridized carbons (Fsp3) is 0.462. The molecule has 32 heavy (non-hydrogen) atoms. The summed E-state index contributed by atoms with van der Waals surface area (Å²) < 4.78 is 5.67. The van der Waals surface area contributed by atoms with Gasteiger partial charge in [-0.25, -0.2) is 0 Å². The third kappa shape index (κ3) is 3.42.